The zero-order valence-corrected chi connectivity index (χ0v) is 16.8. The molecule has 1 aliphatic rings. The Morgan fingerprint density at radius 1 is 1.03 bits per heavy atom. The first-order valence-corrected chi connectivity index (χ1v) is 10.0. The molecule has 7 heteroatoms. The smallest absolute Gasteiger partial charge is 0.254 e. The van der Waals surface area contributed by atoms with Gasteiger partial charge in [-0.2, -0.15) is 0 Å². The van der Waals surface area contributed by atoms with Crippen LogP contribution in [-0.2, 0) is 6.54 Å². The third kappa shape index (κ3) is 3.85. The third-order valence-electron chi connectivity index (χ3n) is 5.36. The van der Waals surface area contributed by atoms with E-state index >= 15 is 0 Å². The molecule has 0 unspecified atom stereocenters. The Balaban J connectivity index is 1.39. The minimum Gasteiger partial charge on any atom is -0.491 e. The number of imidazole rings is 1. The summed E-state index contributed by atoms with van der Waals surface area (Å²) in [7, 11) is 0. The van der Waals surface area contributed by atoms with Gasteiger partial charge in [0.15, 0.2) is 0 Å². The molecule has 0 aliphatic carbocycles. The summed E-state index contributed by atoms with van der Waals surface area (Å²) in [6.07, 6.45) is 7.07. The third-order valence-corrected chi connectivity index (χ3v) is 5.36. The number of ether oxygens (including phenoxy) is 1. The molecule has 31 heavy (non-hydrogen) atoms. The summed E-state index contributed by atoms with van der Waals surface area (Å²) >= 11 is 0. The molecule has 2 aromatic heterocycles. The van der Waals surface area contributed by atoms with Crippen LogP contribution < -0.4 is 10.5 Å². The number of hydrogen-bond donors (Lipinski definition) is 1. The molecule has 0 bridgehead atoms. The highest BCUT2D eigenvalue weighted by molar-refractivity contribution is 5.94. The van der Waals surface area contributed by atoms with Gasteiger partial charge in [0, 0.05) is 47.5 Å². The topological polar surface area (TPSA) is 86.3 Å². The Morgan fingerprint density at radius 2 is 1.87 bits per heavy atom. The van der Waals surface area contributed by atoms with Gasteiger partial charge in [0.05, 0.1) is 12.9 Å². The van der Waals surface area contributed by atoms with Gasteiger partial charge in [-0.05, 0) is 54.1 Å². The van der Waals surface area contributed by atoms with E-state index in [1.807, 2.05) is 58.1 Å². The number of benzene rings is 2. The summed E-state index contributed by atoms with van der Waals surface area (Å²) in [6, 6.07) is 17.3. The number of nitrogens with zero attached hydrogens (tertiary/aromatic N) is 4. The van der Waals surface area contributed by atoms with Crippen LogP contribution in [0.1, 0.15) is 15.9 Å². The minimum absolute atomic E-state index is 0.0202. The molecule has 0 atom stereocenters. The van der Waals surface area contributed by atoms with Gasteiger partial charge in [-0.25, -0.2) is 9.97 Å². The van der Waals surface area contributed by atoms with E-state index in [0.29, 0.717) is 31.1 Å². The molecule has 5 rings (SSSR count). The fourth-order valence-electron chi connectivity index (χ4n) is 3.69. The second-order valence-electron chi connectivity index (χ2n) is 7.39. The lowest BCUT2D eigenvalue weighted by molar-refractivity contribution is 0.0733. The monoisotopic (exact) mass is 411 g/mol. The summed E-state index contributed by atoms with van der Waals surface area (Å²) in [5.41, 5.74) is 10.2. The number of fused-ring (bicyclic) bond motifs is 1. The summed E-state index contributed by atoms with van der Waals surface area (Å²) in [5, 5.41) is 0. The molecule has 0 radical (unpaired) electrons. The molecule has 0 saturated heterocycles. The van der Waals surface area contributed by atoms with Crippen LogP contribution in [0.25, 0.3) is 16.8 Å². The Bertz CT molecular complexity index is 1200. The standard InChI is InChI=1S/C24H21N5O2/c25-23-8-4-19(14-27-23)18-3-7-22-20(13-18)15-28(11-12-31-22)24(30)17-1-5-21(6-2-17)29-10-9-26-16-29/h1-10,13-14,16H,11-12,15H2,(H2,25,27). The predicted octanol–water partition coefficient (Wildman–Crippen LogP) is 3.55. The predicted molar refractivity (Wildman–Crippen MR) is 118 cm³/mol. The van der Waals surface area contributed by atoms with E-state index in [4.69, 9.17) is 10.5 Å². The largest absolute Gasteiger partial charge is 0.491 e. The first kappa shape index (κ1) is 18.9. The zero-order chi connectivity index (χ0) is 21.2. The van der Waals surface area contributed by atoms with Crippen molar-refractivity contribution < 1.29 is 9.53 Å². The van der Waals surface area contributed by atoms with Crippen molar-refractivity contribution in [3.63, 3.8) is 0 Å². The first-order chi connectivity index (χ1) is 15.2. The van der Waals surface area contributed by atoms with Crippen molar-refractivity contribution in [1.82, 2.24) is 19.4 Å². The maximum absolute atomic E-state index is 13.2. The van der Waals surface area contributed by atoms with Crippen LogP contribution in [0.5, 0.6) is 5.75 Å². The van der Waals surface area contributed by atoms with Crippen LogP contribution in [0.3, 0.4) is 0 Å². The Labute approximate surface area is 179 Å². The molecular formula is C24H21N5O2. The number of amides is 1. The number of pyridine rings is 1. The van der Waals surface area contributed by atoms with Gasteiger partial charge in [-0.1, -0.05) is 6.07 Å². The van der Waals surface area contributed by atoms with Crippen molar-refractivity contribution in [2.75, 3.05) is 18.9 Å². The van der Waals surface area contributed by atoms with E-state index in [1.54, 1.807) is 24.8 Å². The van der Waals surface area contributed by atoms with Crippen molar-refractivity contribution in [2.45, 2.75) is 6.54 Å². The molecule has 7 nitrogen and oxygen atoms in total. The highest BCUT2D eigenvalue weighted by atomic mass is 16.5. The van der Waals surface area contributed by atoms with Gasteiger partial charge in [0.1, 0.15) is 18.2 Å². The Morgan fingerprint density at radius 3 is 2.61 bits per heavy atom. The average Bonchev–Trinajstić information content (AvgIpc) is 3.26. The summed E-state index contributed by atoms with van der Waals surface area (Å²) < 4.78 is 7.80. The maximum atomic E-state index is 13.2. The van der Waals surface area contributed by atoms with E-state index < -0.39 is 0 Å². The van der Waals surface area contributed by atoms with Crippen molar-refractivity contribution in [3.8, 4) is 22.6 Å². The highest BCUT2D eigenvalue weighted by Gasteiger charge is 2.21. The van der Waals surface area contributed by atoms with E-state index in [0.717, 1.165) is 28.1 Å². The minimum atomic E-state index is -0.0202. The molecule has 1 amide bonds. The number of hydrogen-bond acceptors (Lipinski definition) is 5. The van der Waals surface area contributed by atoms with Crippen molar-refractivity contribution >= 4 is 11.7 Å². The molecule has 0 fully saturated rings. The highest BCUT2D eigenvalue weighted by Crippen LogP contribution is 2.29. The second kappa shape index (κ2) is 7.95. The molecule has 2 N–H and O–H groups in total. The molecule has 2 aromatic carbocycles. The quantitative estimate of drug-likeness (QED) is 0.557. The Kier molecular flexibility index (Phi) is 4.84. The fraction of sp³-hybridized carbons (Fsp3) is 0.125. The normalized spacial score (nSPS) is 13.2. The number of anilines is 1. The number of carbonyl (C=O) groups is 1. The van der Waals surface area contributed by atoms with E-state index in [2.05, 4.69) is 16.0 Å². The number of nitrogen functional groups attached to an aromatic ring is 1. The van der Waals surface area contributed by atoms with Gasteiger partial charge < -0.3 is 19.9 Å². The number of carbonyl (C=O) groups excluding carboxylic acids is 1. The van der Waals surface area contributed by atoms with Crippen LogP contribution in [-0.4, -0.2) is 38.5 Å². The SMILES string of the molecule is Nc1ccc(-c2ccc3c(c2)CN(C(=O)c2ccc(-n4ccnc4)cc2)CCO3)cn1. The second-order valence-corrected chi connectivity index (χ2v) is 7.39. The summed E-state index contributed by atoms with van der Waals surface area (Å²) in [4.78, 5) is 23.2. The molecule has 0 saturated carbocycles. The van der Waals surface area contributed by atoms with Crippen molar-refractivity contribution in [3.05, 3.63) is 90.6 Å². The summed E-state index contributed by atoms with van der Waals surface area (Å²) in [6.45, 7) is 1.46. The van der Waals surface area contributed by atoms with Crippen molar-refractivity contribution in [2.24, 2.45) is 0 Å². The zero-order valence-electron chi connectivity index (χ0n) is 16.8. The fourth-order valence-corrected chi connectivity index (χ4v) is 3.69. The van der Waals surface area contributed by atoms with Crippen LogP contribution in [0, 0.1) is 0 Å². The van der Waals surface area contributed by atoms with Crippen LogP contribution in [0.15, 0.2) is 79.5 Å². The average molecular weight is 411 g/mol. The van der Waals surface area contributed by atoms with Crippen LogP contribution in [0.2, 0.25) is 0 Å². The van der Waals surface area contributed by atoms with E-state index in [-0.39, 0.29) is 5.91 Å². The number of rotatable bonds is 3. The lowest BCUT2D eigenvalue weighted by atomic mass is 10.0. The van der Waals surface area contributed by atoms with Gasteiger partial charge >= 0.3 is 0 Å². The lowest BCUT2D eigenvalue weighted by Crippen LogP contribution is -2.32. The van der Waals surface area contributed by atoms with Gasteiger partial charge in [0.25, 0.3) is 5.91 Å². The van der Waals surface area contributed by atoms with Gasteiger partial charge in [0.2, 0.25) is 0 Å². The lowest BCUT2D eigenvalue weighted by Gasteiger charge is -2.20. The van der Waals surface area contributed by atoms with Gasteiger partial charge in [-0.3, -0.25) is 4.79 Å². The van der Waals surface area contributed by atoms with E-state index in [1.165, 1.54) is 0 Å². The molecule has 1 aliphatic heterocycles. The van der Waals surface area contributed by atoms with Crippen LogP contribution >= 0.6 is 0 Å². The molecule has 154 valence electrons. The van der Waals surface area contributed by atoms with Gasteiger partial charge in [-0.15, -0.1) is 0 Å². The van der Waals surface area contributed by atoms with Crippen molar-refractivity contribution in [1.29, 1.82) is 0 Å². The Hall–Kier alpha value is -4.13. The number of nitrogens with two attached hydrogens (primary N) is 1. The molecule has 0 spiro atoms. The van der Waals surface area contributed by atoms with Crippen LogP contribution in [0.4, 0.5) is 5.82 Å². The molecule has 3 heterocycles. The number of aromatic nitrogens is 3. The summed E-state index contributed by atoms with van der Waals surface area (Å²) in [5.74, 6) is 1.27. The maximum Gasteiger partial charge on any atom is 0.254 e. The van der Waals surface area contributed by atoms with E-state index in [9.17, 15) is 4.79 Å². The molecular weight excluding hydrogens is 390 g/mol. The molecule has 4 aromatic rings. The first-order valence-electron chi connectivity index (χ1n) is 10.0.